The van der Waals surface area contributed by atoms with Crippen molar-refractivity contribution in [3.8, 4) is 10.4 Å². The topological polar surface area (TPSA) is 299 Å². The lowest BCUT2D eigenvalue weighted by atomic mass is 9.85. The molecule has 2 fully saturated rings. The van der Waals surface area contributed by atoms with Gasteiger partial charge in [0.05, 0.1) is 89.3 Å². The summed E-state index contributed by atoms with van der Waals surface area (Å²) >= 11 is 5.01. The number of β-amino-alcohol motifs (C(OH)–C–C–N with tert-alkyl or cyclic N) is 1. The number of carbonyl (C=O) groups is 5. The number of amides is 5. The first-order valence-corrected chi connectivity index (χ1v) is 28.9. The summed E-state index contributed by atoms with van der Waals surface area (Å²) in [4.78, 5) is 80.9. The number of halogens is 1. The zero-order valence-electron chi connectivity index (χ0n) is 44.4. The summed E-state index contributed by atoms with van der Waals surface area (Å²) in [5, 5.41) is 25.5. The van der Waals surface area contributed by atoms with E-state index in [2.05, 4.69) is 57.5 Å². The molecule has 22 nitrogen and oxygen atoms in total. The number of hydrogen-bond donors (Lipinski definition) is 7. The number of aryl methyl sites for hydroxylation is 2. The quantitative estimate of drug-likeness (QED) is 0.0409. The first kappa shape index (κ1) is 60.6. The Bertz CT molecular complexity index is 2770. The van der Waals surface area contributed by atoms with Crippen molar-refractivity contribution in [2.24, 2.45) is 11.1 Å². The number of hydrogen-bond acceptors (Lipinski definition) is 17. The Morgan fingerprint density at radius 1 is 0.909 bits per heavy atom. The van der Waals surface area contributed by atoms with E-state index >= 15 is 0 Å². The molecular weight excluding hydrogens is 1100 g/mol. The SMILES string of the molecule is Cc1cccc(Nc2nc(NC3CCN(S(=O)(=O)CCNC(=O)CCOCCOCCOCCC(=O)N[C@H](C(=O)N4C[C@H](O)C[C@H]4C(=O)N[C@@H](C)c4ccc(-c5scnc5C)cc4)C(C)(C)C)CC3)ncc2Br)c1C(N)=O. The zero-order chi connectivity index (χ0) is 55.9. The van der Waals surface area contributed by atoms with Gasteiger partial charge in [0.15, 0.2) is 0 Å². The first-order chi connectivity index (χ1) is 36.6. The predicted octanol–water partition coefficient (Wildman–Crippen LogP) is 4.34. The molecule has 4 atom stereocenters. The fourth-order valence-corrected chi connectivity index (χ4v) is 11.4. The molecule has 6 rings (SSSR count). The van der Waals surface area contributed by atoms with Crippen molar-refractivity contribution in [2.45, 2.75) is 104 Å². The van der Waals surface area contributed by atoms with E-state index in [1.807, 2.05) is 58.9 Å². The highest BCUT2D eigenvalue weighted by atomic mass is 79.9. The minimum atomic E-state index is -3.63. The monoisotopic (exact) mass is 1170 g/mol. The largest absolute Gasteiger partial charge is 0.391 e. The van der Waals surface area contributed by atoms with Gasteiger partial charge in [-0.05, 0) is 77.7 Å². The number of thiazole rings is 1. The molecule has 0 bridgehead atoms. The molecule has 0 aliphatic carbocycles. The van der Waals surface area contributed by atoms with Crippen molar-refractivity contribution >= 4 is 84.3 Å². The molecule has 77 heavy (non-hydrogen) atoms. The van der Waals surface area contributed by atoms with Crippen molar-refractivity contribution < 1.29 is 51.7 Å². The molecule has 2 aliphatic heterocycles. The molecule has 420 valence electrons. The summed E-state index contributed by atoms with van der Waals surface area (Å²) in [6.07, 6.45) is 1.79. The predicted molar refractivity (Wildman–Crippen MR) is 296 cm³/mol. The van der Waals surface area contributed by atoms with Crippen LogP contribution in [0.5, 0.6) is 0 Å². The number of sulfonamides is 1. The van der Waals surface area contributed by atoms with Crippen LogP contribution in [0.15, 0.2) is 58.6 Å². The highest BCUT2D eigenvalue weighted by Crippen LogP contribution is 2.31. The van der Waals surface area contributed by atoms with Gasteiger partial charge in [0.2, 0.25) is 39.6 Å². The van der Waals surface area contributed by atoms with E-state index in [1.54, 1.807) is 48.2 Å². The Balaban J connectivity index is 0.797. The van der Waals surface area contributed by atoms with Gasteiger partial charge in [-0.15, -0.1) is 11.3 Å². The van der Waals surface area contributed by atoms with E-state index < -0.39 is 51.3 Å². The number of aliphatic hydroxyl groups is 1. The summed E-state index contributed by atoms with van der Waals surface area (Å²) in [7, 11) is -3.63. The molecule has 2 aliphatic rings. The van der Waals surface area contributed by atoms with Crippen molar-refractivity contribution in [1.29, 1.82) is 0 Å². The minimum Gasteiger partial charge on any atom is -0.391 e. The molecule has 0 radical (unpaired) electrons. The van der Waals surface area contributed by atoms with Gasteiger partial charge in [-0.3, -0.25) is 24.0 Å². The number of likely N-dealkylation sites (tertiary alicyclic amines) is 1. The molecule has 2 aromatic carbocycles. The number of anilines is 3. The summed E-state index contributed by atoms with van der Waals surface area (Å²) in [5.74, 6) is -1.65. The summed E-state index contributed by atoms with van der Waals surface area (Å²) in [5.41, 5.74) is 11.1. The van der Waals surface area contributed by atoms with E-state index in [4.69, 9.17) is 19.9 Å². The minimum absolute atomic E-state index is 0.0250. The van der Waals surface area contributed by atoms with Gasteiger partial charge in [-0.1, -0.05) is 57.2 Å². The molecular formula is C52H72BrN11O11S2. The van der Waals surface area contributed by atoms with E-state index in [0.717, 1.165) is 27.3 Å². The first-order valence-electron chi connectivity index (χ1n) is 25.6. The van der Waals surface area contributed by atoms with E-state index in [0.29, 0.717) is 40.3 Å². The van der Waals surface area contributed by atoms with Crippen LogP contribution in [0.3, 0.4) is 0 Å². The fourth-order valence-electron chi connectivity index (χ4n) is 8.87. The lowest BCUT2D eigenvalue weighted by Gasteiger charge is -2.35. The standard InChI is InChI=1S/C52H72BrN11O11S2/c1-32-8-7-9-40(44(32)47(54)68)60-48-39(53)29-56-51(62-48)59-37-14-19-63(20-15-37)77(71,72)27-18-55-42(66)16-21-73-23-25-75-26-24-74-22-17-43(67)61-46(52(4,5)6)50(70)64-30-38(65)28-41(64)49(69)58-33(2)35-10-12-36(13-11-35)45-34(3)57-31-76-45/h7-13,29,31,33,37-38,41,46,65H,14-28,30H2,1-6H3,(H2,54,68)(H,55,66)(H,58,69)(H,61,67)(H2,56,59,60,62)/t33-,38+,41-,46+/m0/s1. The zero-order valence-corrected chi connectivity index (χ0v) is 47.7. The van der Waals surface area contributed by atoms with Crippen LogP contribution in [0, 0.1) is 19.3 Å². The third-order valence-electron chi connectivity index (χ3n) is 13.1. The second-order valence-electron chi connectivity index (χ2n) is 20.1. The van der Waals surface area contributed by atoms with E-state index in [1.165, 1.54) is 9.21 Å². The lowest BCUT2D eigenvalue weighted by Crippen LogP contribution is -2.58. The number of nitrogens with zero attached hydrogens (tertiary/aromatic N) is 5. The number of rotatable bonds is 27. The summed E-state index contributed by atoms with van der Waals surface area (Å²) < 4.78 is 44.8. The second kappa shape index (κ2) is 28.3. The number of piperidine rings is 1. The van der Waals surface area contributed by atoms with Gasteiger partial charge in [0, 0.05) is 57.7 Å². The normalized spacial score (nSPS) is 17.1. The van der Waals surface area contributed by atoms with Gasteiger partial charge in [0.1, 0.15) is 17.9 Å². The third-order valence-corrected chi connectivity index (χ3v) is 16.6. The van der Waals surface area contributed by atoms with Crippen LogP contribution in [-0.2, 0) is 43.4 Å². The maximum atomic E-state index is 14.0. The van der Waals surface area contributed by atoms with Crippen LogP contribution in [0.25, 0.3) is 10.4 Å². The molecule has 8 N–H and O–H groups in total. The molecule has 0 spiro atoms. The number of aromatic nitrogens is 3. The average Bonchev–Trinajstić information content (AvgIpc) is 4.01. The van der Waals surface area contributed by atoms with Crippen molar-refractivity contribution in [1.82, 2.24) is 40.1 Å². The highest BCUT2D eigenvalue weighted by Gasteiger charge is 2.45. The Labute approximate surface area is 462 Å². The third kappa shape index (κ3) is 17.7. The number of primary amides is 1. The molecule has 5 amide bonds. The van der Waals surface area contributed by atoms with Gasteiger partial charge >= 0.3 is 0 Å². The number of nitrogens with one attached hydrogen (secondary N) is 5. The van der Waals surface area contributed by atoms with E-state index in [9.17, 15) is 37.5 Å². The molecule has 2 saturated heterocycles. The van der Waals surface area contributed by atoms with Gasteiger partial charge in [0.25, 0.3) is 5.91 Å². The molecule has 2 aromatic heterocycles. The summed E-state index contributed by atoms with van der Waals surface area (Å²) in [6, 6.07) is 10.9. The van der Waals surface area contributed by atoms with Crippen molar-refractivity contribution in [3.05, 3.63) is 81.0 Å². The van der Waals surface area contributed by atoms with Crippen LogP contribution in [0.1, 0.15) is 93.0 Å². The van der Waals surface area contributed by atoms with E-state index in [-0.39, 0.29) is 115 Å². The number of aliphatic hydroxyl groups excluding tert-OH is 1. The Morgan fingerprint density at radius 3 is 2.18 bits per heavy atom. The number of carbonyl (C=O) groups excluding carboxylic acids is 5. The summed E-state index contributed by atoms with van der Waals surface area (Å²) in [6.45, 7) is 12.6. The Morgan fingerprint density at radius 2 is 1.56 bits per heavy atom. The van der Waals surface area contributed by atoms with Crippen LogP contribution in [-0.4, -0.2) is 163 Å². The molecule has 4 aromatic rings. The Hall–Kier alpha value is -5.67. The smallest absolute Gasteiger partial charge is 0.251 e. The molecule has 0 saturated carbocycles. The molecule has 4 heterocycles. The number of benzene rings is 2. The van der Waals surface area contributed by atoms with Crippen molar-refractivity contribution in [3.63, 3.8) is 0 Å². The average molecular weight is 1170 g/mol. The van der Waals surface area contributed by atoms with Crippen molar-refractivity contribution in [2.75, 3.05) is 82.2 Å². The fraction of sp³-hybridized carbons (Fsp3) is 0.538. The highest BCUT2D eigenvalue weighted by molar-refractivity contribution is 9.10. The van der Waals surface area contributed by atoms with Crippen LogP contribution in [0.4, 0.5) is 17.5 Å². The second-order valence-corrected chi connectivity index (χ2v) is 23.9. The van der Waals surface area contributed by atoms with Gasteiger partial charge in [-0.2, -0.15) is 4.98 Å². The lowest BCUT2D eigenvalue weighted by molar-refractivity contribution is -0.144. The maximum Gasteiger partial charge on any atom is 0.251 e. The van der Waals surface area contributed by atoms with Crippen LogP contribution < -0.4 is 32.3 Å². The van der Waals surface area contributed by atoms with Crippen LogP contribution >= 0.6 is 27.3 Å². The molecule has 0 unspecified atom stereocenters. The number of ether oxygens (including phenoxy) is 3. The van der Waals surface area contributed by atoms with Gasteiger partial charge < -0.3 is 56.5 Å². The Kier molecular flexibility index (Phi) is 22.2. The van der Waals surface area contributed by atoms with Gasteiger partial charge in [-0.25, -0.2) is 22.7 Å². The number of nitrogens with two attached hydrogens (primary N) is 1. The maximum absolute atomic E-state index is 14.0. The molecule has 25 heteroatoms. The van der Waals surface area contributed by atoms with Crippen LogP contribution in [0.2, 0.25) is 0 Å².